The highest BCUT2D eigenvalue weighted by Gasteiger charge is 2.15. The second-order valence-electron chi connectivity index (χ2n) is 4.86. The van der Waals surface area contributed by atoms with E-state index < -0.39 is 0 Å². The van der Waals surface area contributed by atoms with E-state index in [0.717, 1.165) is 17.7 Å². The maximum atomic E-state index is 12.2. The maximum Gasteiger partial charge on any atom is 0.270 e. The van der Waals surface area contributed by atoms with Crippen molar-refractivity contribution in [2.45, 2.75) is 26.3 Å². The smallest absolute Gasteiger partial charge is 0.270 e. The number of carbonyl (C=O) groups is 1. The molecule has 0 saturated carbocycles. The summed E-state index contributed by atoms with van der Waals surface area (Å²) in [5, 5.41) is 7.25. The summed E-state index contributed by atoms with van der Waals surface area (Å²) in [6, 6.07) is 9.24. The third-order valence-corrected chi connectivity index (χ3v) is 3.31. The van der Waals surface area contributed by atoms with Crippen LogP contribution in [0.3, 0.4) is 0 Å². The van der Waals surface area contributed by atoms with Crippen LogP contribution in [0.1, 0.15) is 41.6 Å². The summed E-state index contributed by atoms with van der Waals surface area (Å²) in [6.07, 6.45) is 0.814. The predicted octanol–water partition coefficient (Wildman–Crippen LogP) is 2.06. The van der Waals surface area contributed by atoms with Crippen LogP contribution in [0, 0.1) is 0 Å². The second kappa shape index (κ2) is 5.77. The highest BCUT2D eigenvalue weighted by atomic mass is 16.2. The highest BCUT2D eigenvalue weighted by Crippen LogP contribution is 2.15. The normalized spacial score (nSPS) is 12.2. The number of aryl methyl sites for hydroxylation is 2. The fourth-order valence-corrected chi connectivity index (χ4v) is 2.05. The predicted molar refractivity (Wildman–Crippen MR) is 79.3 cm³/mol. The fourth-order valence-electron chi connectivity index (χ4n) is 2.05. The Labute approximate surface area is 118 Å². The summed E-state index contributed by atoms with van der Waals surface area (Å²) in [5.74, 6) is -0.121. The molecule has 0 fully saturated rings. The Bertz CT molecular complexity index is 601. The third kappa shape index (κ3) is 2.99. The first-order valence-electron chi connectivity index (χ1n) is 6.70. The number of hydrogen-bond acceptors (Lipinski definition) is 3. The molecule has 1 unspecified atom stereocenters. The van der Waals surface area contributed by atoms with Crippen LogP contribution >= 0.6 is 0 Å². The fraction of sp³-hybridized carbons (Fsp3) is 0.333. The summed E-state index contributed by atoms with van der Waals surface area (Å²) >= 11 is 0. The first-order valence-corrected chi connectivity index (χ1v) is 6.70. The number of nitrogens with two attached hydrogens (primary N) is 1. The lowest BCUT2D eigenvalue weighted by molar-refractivity contribution is 0.0930. The molecule has 0 aliphatic heterocycles. The van der Waals surface area contributed by atoms with Gasteiger partial charge in [0, 0.05) is 12.7 Å². The standard InChI is InChI=1S/C15H20N4O/c1-4-13-9-14(19(3)18-13)15(20)17-10(2)11-5-7-12(16)8-6-11/h5-10H,4,16H2,1-3H3,(H,17,20). The van der Waals surface area contributed by atoms with Crippen LogP contribution in [0.15, 0.2) is 30.3 Å². The number of anilines is 1. The lowest BCUT2D eigenvalue weighted by Crippen LogP contribution is -2.28. The van der Waals surface area contributed by atoms with Crippen LogP contribution in [0.5, 0.6) is 0 Å². The highest BCUT2D eigenvalue weighted by molar-refractivity contribution is 5.92. The first-order chi connectivity index (χ1) is 9.51. The molecule has 3 N–H and O–H groups in total. The molecule has 1 amide bonds. The van der Waals surface area contributed by atoms with Crippen molar-refractivity contribution in [1.29, 1.82) is 0 Å². The second-order valence-corrected chi connectivity index (χ2v) is 4.86. The molecule has 0 aliphatic rings. The number of carbonyl (C=O) groups excluding carboxylic acids is 1. The molecule has 20 heavy (non-hydrogen) atoms. The van der Waals surface area contributed by atoms with E-state index >= 15 is 0 Å². The monoisotopic (exact) mass is 272 g/mol. The number of nitrogen functional groups attached to an aromatic ring is 1. The number of rotatable bonds is 4. The van der Waals surface area contributed by atoms with Gasteiger partial charge in [0.2, 0.25) is 0 Å². The number of hydrogen-bond donors (Lipinski definition) is 2. The van der Waals surface area contributed by atoms with E-state index in [0.29, 0.717) is 11.4 Å². The van der Waals surface area contributed by atoms with Gasteiger partial charge in [-0.2, -0.15) is 5.10 Å². The van der Waals surface area contributed by atoms with Gasteiger partial charge in [0.25, 0.3) is 5.91 Å². The van der Waals surface area contributed by atoms with Gasteiger partial charge < -0.3 is 11.1 Å². The summed E-state index contributed by atoms with van der Waals surface area (Å²) < 4.78 is 1.61. The summed E-state index contributed by atoms with van der Waals surface area (Å²) in [5.41, 5.74) is 8.88. The van der Waals surface area contributed by atoms with Crippen molar-refractivity contribution >= 4 is 11.6 Å². The molecular weight excluding hydrogens is 252 g/mol. The Kier molecular flexibility index (Phi) is 4.08. The van der Waals surface area contributed by atoms with Crippen molar-refractivity contribution < 1.29 is 4.79 Å². The SMILES string of the molecule is CCc1cc(C(=O)NC(C)c2ccc(N)cc2)n(C)n1. The van der Waals surface area contributed by atoms with Gasteiger partial charge in [-0.1, -0.05) is 19.1 Å². The molecule has 106 valence electrons. The van der Waals surface area contributed by atoms with Gasteiger partial charge in [-0.05, 0) is 37.1 Å². The summed E-state index contributed by atoms with van der Waals surface area (Å²) in [7, 11) is 1.78. The molecular formula is C15H20N4O. The average Bonchev–Trinajstić information content (AvgIpc) is 2.80. The van der Waals surface area contributed by atoms with Crippen LogP contribution in [0.4, 0.5) is 5.69 Å². The lowest BCUT2D eigenvalue weighted by Gasteiger charge is -2.14. The molecule has 1 heterocycles. The molecule has 5 heteroatoms. The molecule has 2 aromatic rings. The third-order valence-electron chi connectivity index (χ3n) is 3.31. The number of nitrogens with zero attached hydrogens (tertiary/aromatic N) is 2. The van der Waals surface area contributed by atoms with E-state index in [1.54, 1.807) is 11.7 Å². The van der Waals surface area contributed by atoms with Gasteiger partial charge in [-0.3, -0.25) is 9.48 Å². The Morgan fingerprint density at radius 3 is 2.60 bits per heavy atom. The van der Waals surface area contributed by atoms with E-state index in [2.05, 4.69) is 10.4 Å². The van der Waals surface area contributed by atoms with E-state index in [1.807, 2.05) is 44.2 Å². The molecule has 0 bridgehead atoms. The average molecular weight is 272 g/mol. The van der Waals surface area contributed by atoms with Gasteiger partial charge in [-0.25, -0.2) is 0 Å². The summed E-state index contributed by atoms with van der Waals surface area (Å²) in [6.45, 7) is 3.96. The van der Waals surface area contributed by atoms with Crippen LogP contribution in [-0.2, 0) is 13.5 Å². The van der Waals surface area contributed by atoms with E-state index in [4.69, 9.17) is 5.73 Å². The van der Waals surface area contributed by atoms with Crippen molar-refractivity contribution in [1.82, 2.24) is 15.1 Å². The largest absolute Gasteiger partial charge is 0.399 e. The van der Waals surface area contributed by atoms with E-state index in [1.165, 1.54) is 0 Å². The molecule has 1 aromatic carbocycles. The van der Waals surface area contributed by atoms with Crippen molar-refractivity contribution in [2.24, 2.45) is 7.05 Å². The maximum absolute atomic E-state index is 12.2. The topological polar surface area (TPSA) is 72.9 Å². The molecule has 1 aromatic heterocycles. The van der Waals surface area contributed by atoms with Crippen LogP contribution < -0.4 is 11.1 Å². The van der Waals surface area contributed by atoms with Gasteiger partial charge >= 0.3 is 0 Å². The van der Waals surface area contributed by atoms with Crippen molar-refractivity contribution in [2.75, 3.05) is 5.73 Å². The number of amides is 1. The Morgan fingerprint density at radius 2 is 2.05 bits per heavy atom. The summed E-state index contributed by atoms with van der Waals surface area (Å²) in [4.78, 5) is 12.2. The van der Waals surface area contributed by atoms with Gasteiger partial charge in [0.15, 0.2) is 0 Å². The van der Waals surface area contributed by atoms with E-state index in [9.17, 15) is 4.79 Å². The van der Waals surface area contributed by atoms with Crippen LogP contribution in [0.2, 0.25) is 0 Å². The van der Waals surface area contributed by atoms with Crippen LogP contribution in [-0.4, -0.2) is 15.7 Å². The minimum absolute atomic E-state index is 0.0805. The van der Waals surface area contributed by atoms with Gasteiger partial charge in [-0.15, -0.1) is 0 Å². The zero-order valence-corrected chi connectivity index (χ0v) is 12.1. The van der Waals surface area contributed by atoms with Gasteiger partial charge in [0.1, 0.15) is 5.69 Å². The molecule has 0 radical (unpaired) electrons. The molecule has 5 nitrogen and oxygen atoms in total. The molecule has 0 aliphatic carbocycles. The molecule has 0 spiro atoms. The quantitative estimate of drug-likeness (QED) is 0.837. The first kappa shape index (κ1) is 14.1. The Balaban J connectivity index is 2.10. The Morgan fingerprint density at radius 1 is 1.40 bits per heavy atom. The van der Waals surface area contributed by atoms with Gasteiger partial charge in [0.05, 0.1) is 11.7 Å². The number of nitrogens with one attached hydrogen (secondary N) is 1. The lowest BCUT2D eigenvalue weighted by atomic mass is 10.1. The zero-order chi connectivity index (χ0) is 14.7. The van der Waals surface area contributed by atoms with Crippen LogP contribution in [0.25, 0.3) is 0 Å². The molecule has 2 rings (SSSR count). The van der Waals surface area contributed by atoms with Crippen molar-refractivity contribution in [3.05, 3.63) is 47.3 Å². The minimum Gasteiger partial charge on any atom is -0.399 e. The Hall–Kier alpha value is -2.30. The van der Waals surface area contributed by atoms with Crippen molar-refractivity contribution in [3.8, 4) is 0 Å². The van der Waals surface area contributed by atoms with E-state index in [-0.39, 0.29) is 11.9 Å². The number of benzene rings is 1. The molecule has 0 saturated heterocycles. The zero-order valence-electron chi connectivity index (χ0n) is 12.1. The molecule has 1 atom stereocenters. The van der Waals surface area contributed by atoms with Crippen molar-refractivity contribution in [3.63, 3.8) is 0 Å². The minimum atomic E-state index is -0.121. The number of aromatic nitrogens is 2.